The van der Waals surface area contributed by atoms with E-state index in [0.29, 0.717) is 0 Å². The molecule has 1 rings (SSSR count). The van der Waals surface area contributed by atoms with E-state index in [9.17, 15) is 9.59 Å². The van der Waals surface area contributed by atoms with Gasteiger partial charge in [0.15, 0.2) is 0 Å². The van der Waals surface area contributed by atoms with Crippen LogP contribution in [0.1, 0.15) is 75.2 Å². The molecule has 0 spiro atoms. The van der Waals surface area contributed by atoms with Crippen molar-refractivity contribution in [3.05, 3.63) is 12.1 Å². The molecule has 4 atom stereocenters. The summed E-state index contributed by atoms with van der Waals surface area (Å²) in [5.41, 5.74) is -1.60. The summed E-state index contributed by atoms with van der Waals surface area (Å²) in [6, 6.07) is 0. The topological polar surface area (TPSA) is 82.1 Å². The van der Waals surface area contributed by atoms with Gasteiger partial charge in [-0.1, -0.05) is 46.7 Å². The van der Waals surface area contributed by atoms with Gasteiger partial charge in [-0.25, -0.2) is 0 Å². The number of carbonyl (C=O) groups is 2. The Morgan fingerprint density at radius 3 is 2.03 bits per heavy atom. The van der Waals surface area contributed by atoms with Crippen molar-refractivity contribution in [2.24, 2.45) is 23.2 Å². The summed E-state index contributed by atoms with van der Waals surface area (Å²) in [5, 5.41) is 9.13. The monoisotopic (exact) mass is 424 g/mol. The number of rotatable bonds is 11. The number of carboxylic acids is 1. The predicted octanol–water partition coefficient (Wildman–Crippen LogP) is 4.56. The van der Waals surface area contributed by atoms with Crippen LogP contribution in [0.4, 0.5) is 0 Å². The predicted molar refractivity (Wildman–Crippen MR) is 119 cm³/mol. The molecule has 0 radical (unpaired) electrons. The highest BCUT2D eigenvalue weighted by molar-refractivity contribution is 6.51. The highest BCUT2D eigenvalue weighted by Gasteiger charge is 2.50. The number of aliphatic carboxylic acids is 1. The van der Waals surface area contributed by atoms with E-state index in [1.54, 1.807) is 13.8 Å². The van der Waals surface area contributed by atoms with E-state index in [-0.39, 0.29) is 48.3 Å². The van der Waals surface area contributed by atoms with Crippen molar-refractivity contribution in [1.29, 1.82) is 0 Å². The first-order chi connectivity index (χ1) is 13.6. The SMILES string of the molecule is CO[C@@H](CC(=O)O)C(C)(C)C(=O)[C@H](C)[C@@H](C)[C@@H](C)C/C=C/B1OC(C)(C)C(C)(C)O1. The molecule has 7 heteroatoms. The maximum absolute atomic E-state index is 13.2. The molecule has 0 aliphatic carbocycles. The van der Waals surface area contributed by atoms with Crippen molar-refractivity contribution in [1.82, 2.24) is 0 Å². The Balaban J connectivity index is 2.72. The zero-order valence-electron chi connectivity index (χ0n) is 20.4. The molecule has 0 unspecified atom stereocenters. The molecule has 0 aromatic rings. The third-order valence-electron chi connectivity index (χ3n) is 7.26. The maximum Gasteiger partial charge on any atom is 0.486 e. The van der Waals surface area contributed by atoms with Crippen LogP contribution in [0.5, 0.6) is 0 Å². The Labute approximate surface area is 182 Å². The third-order valence-corrected chi connectivity index (χ3v) is 7.26. The number of carboxylic acid groups (broad SMARTS) is 1. The van der Waals surface area contributed by atoms with Crippen LogP contribution >= 0.6 is 0 Å². The lowest BCUT2D eigenvalue weighted by molar-refractivity contribution is -0.148. The molecule has 1 aliphatic heterocycles. The molecule has 0 bridgehead atoms. The summed E-state index contributed by atoms with van der Waals surface area (Å²) in [6.45, 7) is 17.8. The second-order valence-electron chi connectivity index (χ2n) is 10.3. The Morgan fingerprint density at radius 1 is 1.10 bits per heavy atom. The molecule has 0 aromatic heterocycles. The molecular formula is C23H41BO6. The van der Waals surface area contributed by atoms with Crippen LogP contribution in [-0.4, -0.2) is 48.4 Å². The summed E-state index contributed by atoms with van der Waals surface area (Å²) >= 11 is 0. The Bertz CT molecular complexity index is 624. The number of allylic oxidation sites excluding steroid dienone is 1. The Morgan fingerprint density at radius 2 is 1.60 bits per heavy atom. The minimum absolute atomic E-state index is 0.0323. The average Bonchev–Trinajstić information content (AvgIpc) is 2.83. The lowest BCUT2D eigenvalue weighted by Crippen LogP contribution is -2.44. The highest BCUT2D eigenvalue weighted by Crippen LogP contribution is 2.37. The van der Waals surface area contributed by atoms with Gasteiger partial charge < -0.3 is 19.2 Å². The van der Waals surface area contributed by atoms with Gasteiger partial charge in [-0.05, 0) is 46.0 Å². The molecule has 6 nitrogen and oxygen atoms in total. The van der Waals surface area contributed by atoms with Crippen molar-refractivity contribution in [3.63, 3.8) is 0 Å². The molecule has 0 saturated carbocycles. The number of methoxy groups -OCH3 is 1. The van der Waals surface area contributed by atoms with Gasteiger partial charge in [-0.2, -0.15) is 0 Å². The van der Waals surface area contributed by atoms with Gasteiger partial charge in [-0.15, -0.1) is 0 Å². The minimum atomic E-state index is -0.968. The molecule has 0 amide bonds. The molecule has 1 N–H and O–H groups in total. The summed E-state index contributed by atoms with van der Waals surface area (Å²) in [7, 11) is 1.09. The van der Waals surface area contributed by atoms with Crippen LogP contribution in [-0.2, 0) is 23.6 Å². The molecule has 1 saturated heterocycles. The maximum atomic E-state index is 13.2. The molecule has 0 aromatic carbocycles. The number of ketones is 1. The molecule has 172 valence electrons. The first kappa shape index (κ1) is 26.9. The van der Waals surface area contributed by atoms with E-state index in [1.807, 2.05) is 40.6 Å². The molecular weight excluding hydrogens is 383 g/mol. The average molecular weight is 424 g/mol. The van der Waals surface area contributed by atoms with Crippen LogP contribution in [0.3, 0.4) is 0 Å². The fourth-order valence-corrected chi connectivity index (χ4v) is 3.85. The number of ether oxygens (including phenoxy) is 1. The number of Topliss-reactive ketones (excluding diaryl/α,β-unsaturated/α-hetero) is 1. The smallest absolute Gasteiger partial charge is 0.481 e. The summed E-state index contributed by atoms with van der Waals surface area (Å²) in [6.07, 6.45) is 2.01. The van der Waals surface area contributed by atoms with Gasteiger partial charge in [0.05, 0.1) is 29.1 Å². The Hall–Kier alpha value is -1.18. The zero-order valence-corrected chi connectivity index (χ0v) is 20.4. The fourth-order valence-electron chi connectivity index (χ4n) is 3.85. The highest BCUT2D eigenvalue weighted by atomic mass is 16.7. The summed E-state index contributed by atoms with van der Waals surface area (Å²) < 4.78 is 17.3. The third kappa shape index (κ3) is 6.18. The van der Waals surface area contributed by atoms with Crippen molar-refractivity contribution < 1.29 is 28.7 Å². The van der Waals surface area contributed by atoms with Crippen molar-refractivity contribution in [3.8, 4) is 0 Å². The minimum Gasteiger partial charge on any atom is -0.481 e. The number of hydrogen-bond acceptors (Lipinski definition) is 5. The van der Waals surface area contributed by atoms with Gasteiger partial charge in [0.2, 0.25) is 0 Å². The van der Waals surface area contributed by atoms with Crippen LogP contribution in [0.2, 0.25) is 0 Å². The second-order valence-corrected chi connectivity index (χ2v) is 10.3. The quantitative estimate of drug-likeness (QED) is 0.490. The summed E-state index contributed by atoms with van der Waals surface area (Å²) in [4.78, 5) is 24.3. The number of hydrogen-bond donors (Lipinski definition) is 1. The normalized spacial score (nSPS) is 22.7. The lowest BCUT2D eigenvalue weighted by Gasteiger charge is -2.36. The van der Waals surface area contributed by atoms with Crippen LogP contribution in [0, 0.1) is 23.2 Å². The van der Waals surface area contributed by atoms with E-state index in [0.717, 1.165) is 6.42 Å². The standard InChI is InChI=1S/C23H41BO6/c1-15(12-11-13-24-29-22(6,7)23(8,9)30-24)16(2)17(3)20(27)21(4,5)18(28-10)14-19(25)26/h11,13,15-18H,12,14H2,1-10H3,(H,25,26)/b13-11+/t15-,16-,17+,18-/m0/s1. The van der Waals surface area contributed by atoms with Crippen LogP contribution in [0.15, 0.2) is 12.1 Å². The van der Waals surface area contributed by atoms with E-state index < -0.39 is 17.5 Å². The molecule has 1 aliphatic rings. The molecule has 1 fully saturated rings. The molecule has 1 heterocycles. The van der Waals surface area contributed by atoms with Crippen molar-refractivity contribution in [2.45, 2.75) is 92.5 Å². The van der Waals surface area contributed by atoms with Gasteiger partial charge in [0.1, 0.15) is 5.78 Å². The van der Waals surface area contributed by atoms with E-state index >= 15 is 0 Å². The van der Waals surface area contributed by atoms with Gasteiger partial charge in [-0.3, -0.25) is 9.59 Å². The fraction of sp³-hybridized carbons (Fsp3) is 0.826. The zero-order chi connectivity index (χ0) is 23.5. The summed E-state index contributed by atoms with van der Waals surface area (Å²) in [5.74, 6) is 1.19. The van der Waals surface area contributed by atoms with Crippen molar-refractivity contribution in [2.75, 3.05) is 7.11 Å². The largest absolute Gasteiger partial charge is 0.486 e. The first-order valence-corrected chi connectivity index (χ1v) is 10.9. The van der Waals surface area contributed by atoms with Crippen LogP contribution < -0.4 is 0 Å². The second kappa shape index (κ2) is 9.96. The molecule has 30 heavy (non-hydrogen) atoms. The van der Waals surface area contributed by atoms with E-state index in [4.69, 9.17) is 19.2 Å². The van der Waals surface area contributed by atoms with E-state index in [2.05, 4.69) is 19.9 Å². The number of carbonyl (C=O) groups excluding carboxylic acids is 1. The van der Waals surface area contributed by atoms with Crippen LogP contribution in [0.25, 0.3) is 0 Å². The van der Waals surface area contributed by atoms with Gasteiger partial charge in [0, 0.05) is 13.0 Å². The van der Waals surface area contributed by atoms with Gasteiger partial charge in [0.25, 0.3) is 0 Å². The first-order valence-electron chi connectivity index (χ1n) is 10.9. The van der Waals surface area contributed by atoms with Gasteiger partial charge >= 0.3 is 13.1 Å². The Kier molecular flexibility index (Phi) is 8.92. The van der Waals surface area contributed by atoms with E-state index in [1.165, 1.54) is 7.11 Å². The van der Waals surface area contributed by atoms with Crippen molar-refractivity contribution >= 4 is 18.9 Å². The lowest BCUT2D eigenvalue weighted by atomic mass is 9.70.